The molecule has 6 rings (SSSR count). The Bertz CT molecular complexity index is 1240. The van der Waals surface area contributed by atoms with Gasteiger partial charge in [-0.1, -0.05) is 73.9 Å². The van der Waals surface area contributed by atoms with E-state index in [1.54, 1.807) is 12.1 Å². The van der Waals surface area contributed by atoms with Crippen LogP contribution in [0.1, 0.15) is 129 Å². The Kier molecular flexibility index (Phi) is 9.46. The predicted molar refractivity (Wildman–Crippen MR) is 173 cm³/mol. The smallest absolute Gasteiger partial charge is 0.337 e. The molecule has 1 N–H and O–H groups in total. The Morgan fingerprint density at radius 3 is 2.07 bits per heavy atom. The molecule has 4 saturated carbocycles. The van der Waals surface area contributed by atoms with E-state index in [1.807, 2.05) is 45.9 Å². The summed E-state index contributed by atoms with van der Waals surface area (Å²) in [5.41, 5.74) is 1.53. The van der Waals surface area contributed by atoms with Crippen LogP contribution in [0.15, 0.2) is 30.3 Å². The summed E-state index contributed by atoms with van der Waals surface area (Å²) in [6, 6.07) is 7.48. The average Bonchev–Trinajstić information content (AvgIpc) is 3.47. The second-order valence-corrected chi connectivity index (χ2v) is 14.5. The second-order valence-electron chi connectivity index (χ2n) is 14.5. The zero-order valence-corrected chi connectivity index (χ0v) is 28.2. The number of fused-ring (bicyclic) bond motifs is 7. The number of ketones is 1. The monoisotopic (exact) mass is 592 g/mol. The third-order valence-corrected chi connectivity index (χ3v) is 13.0. The van der Waals surface area contributed by atoms with Crippen LogP contribution in [0, 0.1) is 51.2 Å². The Morgan fingerprint density at radius 2 is 1.47 bits per heavy atom. The van der Waals surface area contributed by atoms with Crippen molar-refractivity contribution in [1.82, 2.24) is 0 Å². The summed E-state index contributed by atoms with van der Waals surface area (Å²) in [7, 11) is 1.39. The lowest BCUT2D eigenvalue weighted by molar-refractivity contribution is -0.189. The molecule has 5 aliphatic rings. The number of methoxy groups -OCH3 is 1. The lowest BCUT2D eigenvalue weighted by Crippen LogP contribution is -2.63. The van der Waals surface area contributed by atoms with Crippen molar-refractivity contribution in [3.63, 3.8) is 0 Å². The quantitative estimate of drug-likeness (QED) is 0.354. The van der Waals surface area contributed by atoms with Gasteiger partial charge in [0, 0.05) is 5.41 Å². The number of benzene rings is 1. The number of hydrogen-bond donors (Lipinski definition) is 1. The number of allylic oxidation sites excluding steroid dienone is 2. The number of hydrogen-bond acceptors (Lipinski definition) is 4. The summed E-state index contributed by atoms with van der Waals surface area (Å²) in [4.78, 5) is 38.8. The molecule has 4 fully saturated rings. The maximum Gasteiger partial charge on any atom is 0.337 e. The third-order valence-electron chi connectivity index (χ3n) is 13.0. The van der Waals surface area contributed by atoms with Gasteiger partial charge in [0.1, 0.15) is 0 Å². The van der Waals surface area contributed by atoms with Gasteiger partial charge in [-0.2, -0.15) is 0 Å². The first kappa shape index (κ1) is 33.5. The molecular formula is C38H56O5. The summed E-state index contributed by atoms with van der Waals surface area (Å²) in [5, 5.41) is 10.3. The Balaban J connectivity index is 0.00000102. The molecule has 0 aromatic heterocycles. The van der Waals surface area contributed by atoms with Crippen molar-refractivity contribution >= 4 is 23.3 Å². The van der Waals surface area contributed by atoms with Crippen molar-refractivity contribution in [3.05, 3.63) is 41.5 Å². The van der Waals surface area contributed by atoms with Crippen molar-refractivity contribution < 1.29 is 24.2 Å². The minimum Gasteiger partial charge on any atom is -0.481 e. The Labute approximate surface area is 260 Å². The Hall–Kier alpha value is -2.43. The molecule has 0 heterocycles. The van der Waals surface area contributed by atoms with Gasteiger partial charge in [-0.3, -0.25) is 9.59 Å². The molecule has 1 aromatic rings. The molecular weight excluding hydrogens is 536 g/mol. The minimum absolute atomic E-state index is 0.0701. The molecule has 43 heavy (non-hydrogen) atoms. The number of carboxylic acid groups (broad SMARTS) is 1. The SMILES string of the molecule is CC.CC.COC(=O)c1ccc(C2=CC(=O)[C@@]3(C)C(CC[C@@]4(C)C5CC[C@@]6(C(=O)O)CCC[C@@H]6[C@H]5CCC43)C2(C)C)cc1. The van der Waals surface area contributed by atoms with Gasteiger partial charge in [0.05, 0.1) is 18.1 Å². The number of esters is 1. The van der Waals surface area contributed by atoms with Gasteiger partial charge in [0.15, 0.2) is 5.78 Å². The van der Waals surface area contributed by atoms with Crippen LogP contribution in [0.3, 0.4) is 0 Å². The lowest BCUT2D eigenvalue weighted by Gasteiger charge is -2.67. The average molecular weight is 593 g/mol. The highest BCUT2D eigenvalue weighted by atomic mass is 16.5. The largest absolute Gasteiger partial charge is 0.481 e. The molecule has 5 aliphatic carbocycles. The molecule has 8 atom stereocenters. The molecule has 238 valence electrons. The summed E-state index contributed by atoms with van der Waals surface area (Å²) < 4.78 is 4.86. The van der Waals surface area contributed by atoms with E-state index in [4.69, 9.17) is 4.74 Å². The highest BCUT2D eigenvalue weighted by Gasteiger charge is 2.68. The van der Waals surface area contributed by atoms with E-state index in [2.05, 4.69) is 27.7 Å². The molecule has 1 aromatic carbocycles. The molecule has 0 amide bonds. The lowest BCUT2D eigenvalue weighted by atomic mass is 9.36. The fraction of sp³-hybridized carbons (Fsp3) is 0.711. The van der Waals surface area contributed by atoms with Crippen molar-refractivity contribution in [1.29, 1.82) is 0 Å². The van der Waals surface area contributed by atoms with Gasteiger partial charge in [-0.15, -0.1) is 0 Å². The molecule has 0 bridgehead atoms. The van der Waals surface area contributed by atoms with E-state index in [0.717, 1.165) is 68.9 Å². The predicted octanol–water partition coefficient (Wildman–Crippen LogP) is 9.25. The second kappa shape index (κ2) is 12.2. The molecule has 0 spiro atoms. The number of carbonyl (C=O) groups excluding carboxylic acids is 2. The van der Waals surface area contributed by atoms with Gasteiger partial charge < -0.3 is 9.84 Å². The standard InChI is InChI=1S/C34H44O5.2C2H6/c1-31(2)25(20-8-10-21(11-9-20)29(36)39-5)19-28(35)33(4)26(31)15-17-32(3)23-14-18-34(30(37)38)16-6-7-24(34)22(23)12-13-27(32)33;2*1-2/h8-11,19,22-24,26-27H,6-7,12-18H2,1-5H3,(H,37,38);2*1-2H3/t22-,23?,24+,26?,27?,32-,33-,34-;;/m0../s1. The van der Waals surface area contributed by atoms with Crippen molar-refractivity contribution in [2.75, 3.05) is 7.11 Å². The first-order valence-corrected chi connectivity index (χ1v) is 17.1. The zero-order chi connectivity index (χ0) is 32.0. The fourth-order valence-corrected chi connectivity index (χ4v) is 11.3. The molecule has 3 unspecified atom stereocenters. The highest BCUT2D eigenvalue weighted by Crippen LogP contribution is 2.72. The van der Waals surface area contributed by atoms with Crippen LogP contribution in [0.5, 0.6) is 0 Å². The van der Waals surface area contributed by atoms with Crippen LogP contribution in [-0.2, 0) is 14.3 Å². The highest BCUT2D eigenvalue weighted by molar-refractivity contribution is 6.04. The van der Waals surface area contributed by atoms with Crippen LogP contribution < -0.4 is 0 Å². The van der Waals surface area contributed by atoms with Gasteiger partial charge in [-0.05, 0) is 121 Å². The van der Waals surface area contributed by atoms with E-state index in [9.17, 15) is 19.5 Å². The molecule has 0 radical (unpaired) electrons. The van der Waals surface area contributed by atoms with E-state index in [-0.39, 0.29) is 28.5 Å². The van der Waals surface area contributed by atoms with Gasteiger partial charge in [0.25, 0.3) is 0 Å². The van der Waals surface area contributed by atoms with Crippen molar-refractivity contribution in [2.45, 2.75) is 113 Å². The van der Waals surface area contributed by atoms with Gasteiger partial charge in [0.2, 0.25) is 0 Å². The first-order chi connectivity index (χ1) is 20.4. The normalized spacial score (nSPS) is 38.7. The van der Waals surface area contributed by atoms with E-state index in [0.29, 0.717) is 29.2 Å². The number of aliphatic carboxylic acids is 1. The van der Waals surface area contributed by atoms with E-state index < -0.39 is 16.8 Å². The maximum atomic E-state index is 14.3. The maximum absolute atomic E-state index is 14.3. The molecule has 0 aliphatic heterocycles. The summed E-state index contributed by atoms with van der Waals surface area (Å²) in [6.07, 6.45) is 10.9. The first-order valence-electron chi connectivity index (χ1n) is 17.1. The topological polar surface area (TPSA) is 80.7 Å². The van der Waals surface area contributed by atoms with Gasteiger partial charge >= 0.3 is 11.9 Å². The van der Waals surface area contributed by atoms with Crippen molar-refractivity contribution in [2.24, 2.45) is 51.2 Å². The number of carboxylic acids is 1. The molecule has 5 nitrogen and oxygen atoms in total. The fourth-order valence-electron chi connectivity index (χ4n) is 11.3. The number of rotatable bonds is 3. The summed E-state index contributed by atoms with van der Waals surface area (Å²) >= 11 is 0. The summed E-state index contributed by atoms with van der Waals surface area (Å²) in [5.74, 6) is 1.18. The summed E-state index contributed by atoms with van der Waals surface area (Å²) in [6.45, 7) is 17.3. The van der Waals surface area contributed by atoms with Crippen LogP contribution >= 0.6 is 0 Å². The van der Waals surface area contributed by atoms with E-state index in [1.165, 1.54) is 7.11 Å². The Morgan fingerprint density at radius 1 is 0.814 bits per heavy atom. The zero-order valence-electron chi connectivity index (χ0n) is 28.2. The van der Waals surface area contributed by atoms with Crippen LogP contribution in [0.25, 0.3) is 5.57 Å². The van der Waals surface area contributed by atoms with Gasteiger partial charge in [-0.25, -0.2) is 4.79 Å². The van der Waals surface area contributed by atoms with Crippen LogP contribution in [0.2, 0.25) is 0 Å². The van der Waals surface area contributed by atoms with E-state index >= 15 is 0 Å². The molecule has 0 saturated heterocycles. The van der Waals surface area contributed by atoms with Crippen molar-refractivity contribution in [3.8, 4) is 0 Å². The number of carbonyl (C=O) groups is 3. The molecule has 5 heteroatoms. The third kappa shape index (κ3) is 4.83. The van der Waals surface area contributed by atoms with Crippen LogP contribution in [0.4, 0.5) is 0 Å². The number of ether oxygens (including phenoxy) is 1. The van der Waals surface area contributed by atoms with Crippen LogP contribution in [-0.4, -0.2) is 29.9 Å². The minimum atomic E-state index is -0.562.